The van der Waals surface area contributed by atoms with Crippen LogP contribution in [0.2, 0.25) is 0 Å². The number of rotatable bonds is 4. The molecular formula is C17H28N4O2. The molecule has 1 aromatic heterocycles. The van der Waals surface area contributed by atoms with Gasteiger partial charge in [-0.3, -0.25) is 14.9 Å². The van der Waals surface area contributed by atoms with Crippen molar-refractivity contribution in [3.05, 3.63) is 24.3 Å². The smallest absolute Gasteiger partial charge is 0.407 e. The molecule has 2 rings (SSSR count). The summed E-state index contributed by atoms with van der Waals surface area (Å²) >= 11 is 0. The third-order valence-corrected chi connectivity index (χ3v) is 4.04. The van der Waals surface area contributed by atoms with Crippen LogP contribution < -0.4 is 5.32 Å². The van der Waals surface area contributed by atoms with Gasteiger partial charge in [-0.2, -0.15) is 0 Å². The molecule has 128 valence electrons. The Morgan fingerprint density at radius 1 is 1.48 bits per heavy atom. The number of likely N-dealkylation sites (tertiary alicyclic amines) is 1. The number of nitrogens with zero attached hydrogens (tertiary/aromatic N) is 3. The Hall–Kier alpha value is -1.69. The Morgan fingerprint density at radius 3 is 2.91 bits per heavy atom. The molecule has 0 radical (unpaired) electrons. The lowest BCUT2D eigenvalue weighted by Gasteiger charge is -2.36. The first-order valence-electron chi connectivity index (χ1n) is 8.32. The maximum atomic E-state index is 11.8. The van der Waals surface area contributed by atoms with E-state index in [0.717, 1.165) is 31.6 Å². The SMILES string of the molecule is C[C@H](c1cnccn1)N1CCC[C@H](CNC(=O)OC(C)(C)C)C1. The molecule has 1 aliphatic rings. The fourth-order valence-corrected chi connectivity index (χ4v) is 2.87. The summed E-state index contributed by atoms with van der Waals surface area (Å²) in [4.78, 5) is 22.7. The number of ether oxygens (including phenoxy) is 1. The molecule has 0 unspecified atom stereocenters. The van der Waals surface area contributed by atoms with E-state index >= 15 is 0 Å². The monoisotopic (exact) mass is 320 g/mol. The standard InChI is InChI=1S/C17H28N4O2/c1-13(15-11-18-7-8-19-15)21-9-5-6-14(12-21)10-20-16(22)23-17(2,3)4/h7-8,11,13-14H,5-6,9-10,12H2,1-4H3,(H,20,22)/t13-,14-/m1/s1. The molecule has 1 aliphatic heterocycles. The number of carbonyl (C=O) groups is 1. The van der Waals surface area contributed by atoms with Gasteiger partial charge in [-0.05, 0) is 53.0 Å². The molecule has 23 heavy (non-hydrogen) atoms. The largest absolute Gasteiger partial charge is 0.444 e. The van der Waals surface area contributed by atoms with Crippen LogP contribution in [0.5, 0.6) is 0 Å². The van der Waals surface area contributed by atoms with Gasteiger partial charge in [-0.1, -0.05) is 0 Å². The summed E-state index contributed by atoms with van der Waals surface area (Å²) in [6, 6.07) is 0.244. The number of piperidine rings is 1. The van der Waals surface area contributed by atoms with E-state index in [1.165, 1.54) is 0 Å². The lowest BCUT2D eigenvalue weighted by molar-refractivity contribution is 0.0500. The number of hydrogen-bond acceptors (Lipinski definition) is 5. The summed E-state index contributed by atoms with van der Waals surface area (Å²) in [6.07, 6.45) is 7.17. The highest BCUT2D eigenvalue weighted by Crippen LogP contribution is 2.24. The van der Waals surface area contributed by atoms with E-state index in [9.17, 15) is 4.79 Å². The van der Waals surface area contributed by atoms with E-state index in [-0.39, 0.29) is 12.1 Å². The fraction of sp³-hybridized carbons (Fsp3) is 0.706. The molecule has 0 aromatic carbocycles. The summed E-state index contributed by atoms with van der Waals surface area (Å²) < 4.78 is 5.29. The Labute approximate surface area is 138 Å². The Morgan fingerprint density at radius 2 is 2.26 bits per heavy atom. The van der Waals surface area contributed by atoms with Crippen molar-refractivity contribution in [1.82, 2.24) is 20.2 Å². The van der Waals surface area contributed by atoms with Crippen molar-refractivity contribution in [1.29, 1.82) is 0 Å². The molecule has 0 aliphatic carbocycles. The average molecular weight is 320 g/mol. The molecule has 1 amide bonds. The van der Waals surface area contributed by atoms with Crippen LogP contribution in [0.3, 0.4) is 0 Å². The highest BCUT2D eigenvalue weighted by molar-refractivity contribution is 5.67. The normalized spacial score (nSPS) is 20.8. The number of alkyl carbamates (subject to hydrolysis) is 1. The molecule has 1 N–H and O–H groups in total. The van der Waals surface area contributed by atoms with E-state index in [2.05, 4.69) is 27.1 Å². The van der Waals surface area contributed by atoms with Crippen LogP contribution in [0, 0.1) is 5.92 Å². The second kappa shape index (κ2) is 7.73. The van der Waals surface area contributed by atoms with E-state index in [1.807, 2.05) is 27.0 Å². The zero-order valence-corrected chi connectivity index (χ0v) is 14.6. The Bertz CT molecular complexity index is 501. The van der Waals surface area contributed by atoms with Gasteiger partial charge >= 0.3 is 6.09 Å². The summed E-state index contributed by atoms with van der Waals surface area (Å²) in [6.45, 7) is 10.4. The summed E-state index contributed by atoms with van der Waals surface area (Å²) in [7, 11) is 0. The first kappa shape index (κ1) is 17.7. The van der Waals surface area contributed by atoms with E-state index in [0.29, 0.717) is 12.5 Å². The van der Waals surface area contributed by atoms with Crippen molar-refractivity contribution in [2.75, 3.05) is 19.6 Å². The van der Waals surface area contributed by atoms with Crippen LogP contribution in [0.1, 0.15) is 52.3 Å². The van der Waals surface area contributed by atoms with Crippen molar-refractivity contribution < 1.29 is 9.53 Å². The minimum absolute atomic E-state index is 0.244. The molecular weight excluding hydrogens is 292 g/mol. The van der Waals surface area contributed by atoms with Crippen molar-refractivity contribution in [3.63, 3.8) is 0 Å². The molecule has 6 heteroatoms. The summed E-state index contributed by atoms with van der Waals surface area (Å²) in [5.41, 5.74) is 0.539. The molecule has 0 bridgehead atoms. The van der Waals surface area contributed by atoms with Crippen molar-refractivity contribution in [3.8, 4) is 0 Å². The Balaban J connectivity index is 1.83. The first-order chi connectivity index (χ1) is 10.8. The second-order valence-corrected chi connectivity index (χ2v) is 7.19. The molecule has 0 saturated carbocycles. The van der Waals surface area contributed by atoms with E-state index in [1.54, 1.807) is 12.4 Å². The highest BCUT2D eigenvalue weighted by atomic mass is 16.6. The zero-order chi connectivity index (χ0) is 16.9. The molecule has 1 aromatic rings. The zero-order valence-electron chi connectivity index (χ0n) is 14.6. The summed E-state index contributed by atoms with van der Waals surface area (Å²) in [5.74, 6) is 0.440. The lowest BCUT2D eigenvalue weighted by Crippen LogP contribution is -2.43. The van der Waals surface area contributed by atoms with Crippen molar-refractivity contribution in [2.24, 2.45) is 5.92 Å². The van der Waals surface area contributed by atoms with Gasteiger partial charge in [0.15, 0.2) is 0 Å². The van der Waals surface area contributed by atoms with Crippen LogP contribution in [0.15, 0.2) is 18.6 Å². The fourth-order valence-electron chi connectivity index (χ4n) is 2.87. The number of nitrogens with one attached hydrogen (secondary N) is 1. The lowest BCUT2D eigenvalue weighted by atomic mass is 9.96. The van der Waals surface area contributed by atoms with Gasteiger partial charge in [0.05, 0.1) is 11.7 Å². The van der Waals surface area contributed by atoms with Gasteiger partial charge in [-0.25, -0.2) is 4.79 Å². The number of carbonyl (C=O) groups excluding carboxylic acids is 1. The van der Waals surface area contributed by atoms with Crippen molar-refractivity contribution >= 4 is 6.09 Å². The predicted molar refractivity (Wildman–Crippen MR) is 89.0 cm³/mol. The van der Waals surface area contributed by atoms with Gasteiger partial charge in [-0.15, -0.1) is 0 Å². The van der Waals surface area contributed by atoms with Gasteiger partial charge in [0.1, 0.15) is 5.60 Å². The van der Waals surface area contributed by atoms with Crippen LogP contribution >= 0.6 is 0 Å². The molecule has 2 heterocycles. The molecule has 2 atom stereocenters. The van der Waals surface area contributed by atoms with Gasteiger partial charge in [0.25, 0.3) is 0 Å². The molecule has 1 fully saturated rings. The van der Waals surface area contributed by atoms with Crippen LogP contribution in [0.4, 0.5) is 4.79 Å². The third kappa shape index (κ3) is 5.78. The predicted octanol–water partition coefficient (Wildman–Crippen LogP) is 2.77. The topological polar surface area (TPSA) is 67.4 Å². The van der Waals surface area contributed by atoms with Crippen LogP contribution in [-0.4, -0.2) is 46.2 Å². The van der Waals surface area contributed by atoms with E-state index in [4.69, 9.17) is 4.74 Å². The molecule has 6 nitrogen and oxygen atoms in total. The number of amides is 1. The second-order valence-electron chi connectivity index (χ2n) is 7.19. The maximum Gasteiger partial charge on any atom is 0.407 e. The number of aromatic nitrogens is 2. The first-order valence-corrected chi connectivity index (χ1v) is 8.32. The van der Waals surface area contributed by atoms with Crippen LogP contribution in [0.25, 0.3) is 0 Å². The van der Waals surface area contributed by atoms with Gasteiger partial charge < -0.3 is 10.1 Å². The average Bonchev–Trinajstić information content (AvgIpc) is 2.52. The van der Waals surface area contributed by atoms with Gasteiger partial charge in [0.2, 0.25) is 0 Å². The Kier molecular flexibility index (Phi) is 5.93. The molecule has 1 saturated heterocycles. The maximum absolute atomic E-state index is 11.8. The van der Waals surface area contributed by atoms with Crippen molar-refractivity contribution in [2.45, 2.75) is 52.2 Å². The molecule has 0 spiro atoms. The number of hydrogen-bond donors (Lipinski definition) is 1. The van der Waals surface area contributed by atoms with Crippen LogP contribution in [-0.2, 0) is 4.74 Å². The highest BCUT2D eigenvalue weighted by Gasteiger charge is 2.26. The minimum atomic E-state index is -0.455. The summed E-state index contributed by atoms with van der Waals surface area (Å²) in [5, 5.41) is 2.89. The minimum Gasteiger partial charge on any atom is -0.444 e. The van der Waals surface area contributed by atoms with Gasteiger partial charge in [0, 0.05) is 31.7 Å². The van der Waals surface area contributed by atoms with E-state index < -0.39 is 5.60 Å². The quantitative estimate of drug-likeness (QED) is 0.924. The third-order valence-electron chi connectivity index (χ3n) is 4.04.